The minimum Gasteiger partial charge on any atom is -0.481 e. The van der Waals surface area contributed by atoms with Crippen molar-refractivity contribution in [1.82, 2.24) is 5.32 Å². The molecular formula is C25H28N2O4S. The Morgan fingerprint density at radius 3 is 2.16 bits per heavy atom. The van der Waals surface area contributed by atoms with Crippen LogP contribution in [0.5, 0.6) is 5.75 Å². The largest absolute Gasteiger partial charge is 0.481 e. The van der Waals surface area contributed by atoms with Gasteiger partial charge in [-0.25, -0.2) is 8.42 Å². The normalized spacial score (nSPS) is 13.1. The van der Waals surface area contributed by atoms with Gasteiger partial charge in [0.05, 0.1) is 18.0 Å². The van der Waals surface area contributed by atoms with Gasteiger partial charge in [-0.3, -0.25) is 9.10 Å². The molecule has 3 aromatic rings. The molecule has 7 heteroatoms. The van der Waals surface area contributed by atoms with Crippen LogP contribution in [0, 0.1) is 6.92 Å². The molecule has 0 radical (unpaired) electrons. The van der Waals surface area contributed by atoms with E-state index in [0.29, 0.717) is 11.4 Å². The molecule has 0 fully saturated rings. The highest BCUT2D eigenvalue weighted by molar-refractivity contribution is 7.92. The number of carbonyl (C=O) groups excluding carboxylic acids is 1. The van der Waals surface area contributed by atoms with E-state index in [1.165, 1.54) is 11.4 Å². The molecule has 0 aromatic heterocycles. The predicted octanol–water partition coefficient (Wildman–Crippen LogP) is 4.06. The predicted molar refractivity (Wildman–Crippen MR) is 127 cm³/mol. The molecule has 0 unspecified atom stereocenters. The zero-order valence-electron chi connectivity index (χ0n) is 18.6. The van der Waals surface area contributed by atoms with Crippen LogP contribution in [0.4, 0.5) is 5.69 Å². The van der Waals surface area contributed by atoms with Crippen LogP contribution in [-0.2, 0) is 14.8 Å². The van der Waals surface area contributed by atoms with E-state index in [2.05, 4.69) is 11.4 Å². The Balaban J connectivity index is 1.74. The summed E-state index contributed by atoms with van der Waals surface area (Å²) < 4.78 is 30.4. The van der Waals surface area contributed by atoms with Crippen LogP contribution in [-0.4, -0.2) is 33.7 Å². The van der Waals surface area contributed by atoms with Crippen LogP contribution in [0.2, 0.25) is 0 Å². The second-order valence-electron chi connectivity index (χ2n) is 7.75. The summed E-state index contributed by atoms with van der Waals surface area (Å²) in [5, 5.41) is 3.09. The van der Waals surface area contributed by atoms with Crippen molar-refractivity contribution in [2.24, 2.45) is 0 Å². The molecule has 1 N–H and O–H groups in total. The van der Waals surface area contributed by atoms with E-state index in [0.717, 1.165) is 22.9 Å². The fourth-order valence-corrected chi connectivity index (χ4v) is 3.80. The molecule has 0 saturated heterocycles. The van der Waals surface area contributed by atoms with Crippen molar-refractivity contribution in [2.45, 2.75) is 26.0 Å². The minimum absolute atomic E-state index is 0.252. The summed E-state index contributed by atoms with van der Waals surface area (Å²) in [4.78, 5) is 13.0. The molecule has 32 heavy (non-hydrogen) atoms. The van der Waals surface area contributed by atoms with E-state index in [-0.39, 0.29) is 11.9 Å². The van der Waals surface area contributed by atoms with Crippen LogP contribution in [0.25, 0.3) is 0 Å². The van der Waals surface area contributed by atoms with Crippen LogP contribution >= 0.6 is 0 Å². The number of anilines is 1. The first-order chi connectivity index (χ1) is 15.1. The van der Waals surface area contributed by atoms with Crippen molar-refractivity contribution >= 4 is 21.6 Å². The smallest absolute Gasteiger partial charge is 0.261 e. The summed E-state index contributed by atoms with van der Waals surface area (Å²) in [7, 11) is -1.86. The summed E-state index contributed by atoms with van der Waals surface area (Å²) >= 11 is 0. The van der Waals surface area contributed by atoms with Gasteiger partial charge in [0.25, 0.3) is 5.91 Å². The molecule has 1 amide bonds. The lowest BCUT2D eigenvalue weighted by Gasteiger charge is -2.23. The third-order valence-corrected chi connectivity index (χ3v) is 6.38. The first-order valence-electron chi connectivity index (χ1n) is 10.3. The molecule has 168 valence electrons. The summed E-state index contributed by atoms with van der Waals surface area (Å²) in [6.45, 7) is 3.70. The SMILES string of the molecule is Cc1cccc([C@H](NC(=O)[C@@H](C)Oc2ccc(N(C)S(C)(=O)=O)cc2)c2ccccc2)c1. The number of nitrogens with zero attached hydrogens (tertiary/aromatic N) is 1. The van der Waals surface area contributed by atoms with Crippen LogP contribution < -0.4 is 14.4 Å². The Morgan fingerprint density at radius 2 is 1.56 bits per heavy atom. The third-order valence-electron chi connectivity index (χ3n) is 5.17. The number of aryl methyl sites for hydroxylation is 1. The first-order valence-corrected chi connectivity index (χ1v) is 12.1. The Bertz CT molecular complexity index is 1160. The maximum absolute atomic E-state index is 13.0. The topological polar surface area (TPSA) is 75.7 Å². The molecule has 0 aliphatic heterocycles. The van der Waals surface area contributed by atoms with Crippen molar-refractivity contribution in [3.63, 3.8) is 0 Å². The van der Waals surface area contributed by atoms with Gasteiger partial charge in [0.1, 0.15) is 5.75 Å². The van der Waals surface area contributed by atoms with Crippen LogP contribution in [0.15, 0.2) is 78.9 Å². The second-order valence-corrected chi connectivity index (χ2v) is 9.76. The van der Waals surface area contributed by atoms with E-state index in [1.807, 2.05) is 55.5 Å². The average molecular weight is 453 g/mol. The minimum atomic E-state index is -3.35. The lowest BCUT2D eigenvalue weighted by atomic mass is 9.97. The summed E-state index contributed by atoms with van der Waals surface area (Å²) in [5.41, 5.74) is 3.60. The molecule has 0 aliphatic rings. The molecule has 3 rings (SSSR count). The van der Waals surface area contributed by atoms with Crippen molar-refractivity contribution < 1.29 is 17.9 Å². The molecular weight excluding hydrogens is 424 g/mol. The highest BCUT2D eigenvalue weighted by Crippen LogP contribution is 2.24. The van der Waals surface area contributed by atoms with E-state index < -0.39 is 16.1 Å². The van der Waals surface area contributed by atoms with Crippen molar-refractivity contribution in [1.29, 1.82) is 0 Å². The van der Waals surface area contributed by atoms with Crippen molar-refractivity contribution in [2.75, 3.05) is 17.6 Å². The first kappa shape index (κ1) is 23.3. The Morgan fingerprint density at radius 1 is 0.938 bits per heavy atom. The van der Waals surface area contributed by atoms with E-state index in [1.54, 1.807) is 31.2 Å². The number of hydrogen-bond acceptors (Lipinski definition) is 4. The Labute approximate surface area is 189 Å². The Hall–Kier alpha value is -3.32. The molecule has 6 nitrogen and oxygen atoms in total. The Kier molecular flexibility index (Phi) is 7.20. The molecule has 0 bridgehead atoms. The van der Waals surface area contributed by atoms with Gasteiger partial charge in [-0.1, -0.05) is 60.2 Å². The van der Waals surface area contributed by atoms with Crippen molar-refractivity contribution in [3.8, 4) is 5.75 Å². The molecule has 0 saturated carbocycles. The van der Waals surface area contributed by atoms with E-state index >= 15 is 0 Å². The molecule has 2 atom stereocenters. The van der Waals surface area contributed by atoms with Gasteiger partial charge in [0.2, 0.25) is 10.0 Å². The van der Waals surface area contributed by atoms with Gasteiger partial charge in [-0.2, -0.15) is 0 Å². The van der Waals surface area contributed by atoms with Gasteiger partial charge in [0, 0.05) is 7.05 Å². The maximum Gasteiger partial charge on any atom is 0.261 e. The molecule has 0 heterocycles. The van der Waals surface area contributed by atoms with E-state index in [9.17, 15) is 13.2 Å². The summed E-state index contributed by atoms with van der Waals surface area (Å²) in [6, 6.07) is 24.1. The standard InChI is InChI=1S/C25H28N2O4S/c1-18-9-8-12-21(17-18)24(20-10-6-5-7-11-20)26-25(28)19(2)31-23-15-13-22(14-16-23)27(3)32(4,29)30/h5-17,19,24H,1-4H3,(H,26,28)/t19-,24-/m1/s1. The van der Waals surface area contributed by atoms with Gasteiger partial charge < -0.3 is 10.1 Å². The number of amides is 1. The van der Waals surface area contributed by atoms with Gasteiger partial charge >= 0.3 is 0 Å². The fourth-order valence-electron chi connectivity index (χ4n) is 3.30. The number of nitrogens with one attached hydrogen (secondary N) is 1. The quantitative estimate of drug-likeness (QED) is 0.559. The highest BCUT2D eigenvalue weighted by atomic mass is 32.2. The zero-order chi connectivity index (χ0) is 23.3. The monoisotopic (exact) mass is 452 g/mol. The van der Waals surface area contributed by atoms with Gasteiger partial charge in [-0.05, 0) is 49.2 Å². The lowest BCUT2D eigenvalue weighted by Crippen LogP contribution is -2.39. The number of rotatable bonds is 8. The number of hydrogen-bond donors (Lipinski definition) is 1. The van der Waals surface area contributed by atoms with Crippen LogP contribution in [0.1, 0.15) is 29.7 Å². The van der Waals surface area contributed by atoms with Gasteiger partial charge in [-0.15, -0.1) is 0 Å². The zero-order valence-corrected chi connectivity index (χ0v) is 19.5. The molecule has 3 aromatic carbocycles. The summed E-state index contributed by atoms with van der Waals surface area (Å²) in [6.07, 6.45) is 0.394. The third kappa shape index (κ3) is 5.88. The van der Waals surface area contributed by atoms with Crippen molar-refractivity contribution in [3.05, 3.63) is 95.6 Å². The lowest BCUT2D eigenvalue weighted by molar-refractivity contribution is -0.127. The number of sulfonamides is 1. The average Bonchev–Trinajstić information content (AvgIpc) is 2.77. The number of carbonyl (C=O) groups is 1. The molecule has 0 aliphatic carbocycles. The fraction of sp³-hybridized carbons (Fsp3) is 0.240. The summed E-state index contributed by atoms with van der Waals surface area (Å²) in [5.74, 6) is 0.225. The van der Waals surface area contributed by atoms with E-state index in [4.69, 9.17) is 4.74 Å². The number of benzene rings is 3. The maximum atomic E-state index is 13.0. The highest BCUT2D eigenvalue weighted by Gasteiger charge is 2.22. The number of ether oxygens (including phenoxy) is 1. The molecule has 0 spiro atoms. The second kappa shape index (κ2) is 9.87. The van der Waals surface area contributed by atoms with Crippen LogP contribution in [0.3, 0.4) is 0 Å². The van der Waals surface area contributed by atoms with Gasteiger partial charge in [0.15, 0.2) is 6.10 Å².